The molecule has 4 nitrogen and oxygen atoms in total. The van der Waals surface area contributed by atoms with Gasteiger partial charge in [-0.05, 0) is 86.5 Å². The second kappa shape index (κ2) is 5.40. The van der Waals surface area contributed by atoms with Gasteiger partial charge in [0.15, 0.2) is 5.96 Å². The number of hydrogen-bond donors (Lipinski definition) is 1. The Morgan fingerprint density at radius 2 is 1.73 bits per heavy atom. The van der Waals surface area contributed by atoms with Gasteiger partial charge >= 0.3 is 0 Å². The van der Waals surface area contributed by atoms with Gasteiger partial charge < -0.3 is 15.4 Å². The van der Waals surface area contributed by atoms with Crippen molar-refractivity contribution in [2.75, 3.05) is 20.7 Å². The van der Waals surface area contributed by atoms with Crippen LogP contribution in [0.15, 0.2) is 23.2 Å². The average Bonchev–Trinajstić information content (AvgIpc) is 2.90. The molecule has 4 heteroatoms. The molecule has 1 atom stereocenters. The molecule has 1 aromatic rings. The molecular formula is C22H31N3O. The van der Waals surface area contributed by atoms with E-state index in [1.807, 2.05) is 0 Å². The van der Waals surface area contributed by atoms with Crippen molar-refractivity contribution in [3.63, 3.8) is 0 Å². The van der Waals surface area contributed by atoms with Crippen molar-refractivity contribution >= 4 is 5.96 Å². The Kier molecular flexibility index (Phi) is 3.42. The molecule has 0 radical (unpaired) electrons. The number of hydrogen-bond acceptors (Lipinski definition) is 4. The first-order valence-corrected chi connectivity index (χ1v) is 10.2. The molecule has 0 aromatic heterocycles. The number of nitrogens with zero attached hydrogens (tertiary/aromatic N) is 2. The van der Waals surface area contributed by atoms with E-state index in [1.54, 1.807) is 7.11 Å². The Morgan fingerprint density at radius 1 is 1.12 bits per heavy atom. The van der Waals surface area contributed by atoms with Gasteiger partial charge in [0.25, 0.3) is 0 Å². The van der Waals surface area contributed by atoms with Gasteiger partial charge in [-0.15, -0.1) is 0 Å². The van der Waals surface area contributed by atoms with Crippen LogP contribution in [-0.2, 0) is 5.54 Å². The molecule has 4 aliphatic carbocycles. The third kappa shape index (κ3) is 2.10. The van der Waals surface area contributed by atoms with Gasteiger partial charge in [-0.3, -0.25) is 0 Å². The van der Waals surface area contributed by atoms with Crippen LogP contribution in [-0.4, -0.2) is 31.6 Å². The number of guanidine groups is 1. The van der Waals surface area contributed by atoms with E-state index in [9.17, 15) is 0 Å². The van der Waals surface area contributed by atoms with E-state index < -0.39 is 0 Å². The molecule has 140 valence electrons. The molecule has 1 heterocycles. The number of likely N-dealkylation sites (N-methyl/N-ethyl adjacent to an activating group) is 1. The van der Waals surface area contributed by atoms with E-state index in [1.165, 1.54) is 49.7 Å². The van der Waals surface area contributed by atoms with Crippen molar-refractivity contribution in [1.82, 2.24) is 4.90 Å². The zero-order chi connectivity index (χ0) is 18.1. The topological polar surface area (TPSA) is 50.9 Å². The molecule has 26 heavy (non-hydrogen) atoms. The average molecular weight is 354 g/mol. The van der Waals surface area contributed by atoms with Gasteiger partial charge in [-0.2, -0.15) is 0 Å². The van der Waals surface area contributed by atoms with Crippen molar-refractivity contribution in [3.05, 3.63) is 29.3 Å². The molecule has 0 unspecified atom stereocenters. The molecule has 0 amide bonds. The summed E-state index contributed by atoms with van der Waals surface area (Å²) in [5, 5.41) is 0. The molecule has 4 fully saturated rings. The molecule has 5 aliphatic rings. The molecule has 4 bridgehead atoms. The predicted molar refractivity (Wildman–Crippen MR) is 104 cm³/mol. The van der Waals surface area contributed by atoms with Crippen LogP contribution in [0.3, 0.4) is 0 Å². The highest BCUT2D eigenvalue weighted by Crippen LogP contribution is 2.67. The monoisotopic (exact) mass is 353 g/mol. The van der Waals surface area contributed by atoms with Crippen molar-refractivity contribution in [2.24, 2.45) is 33.9 Å². The highest BCUT2D eigenvalue weighted by atomic mass is 16.5. The predicted octanol–water partition coefficient (Wildman–Crippen LogP) is 3.68. The van der Waals surface area contributed by atoms with E-state index in [4.69, 9.17) is 15.5 Å². The number of aliphatic imine (C=N–C) groups is 1. The molecular weight excluding hydrogens is 322 g/mol. The normalized spacial score (nSPS) is 40.8. The van der Waals surface area contributed by atoms with Crippen LogP contribution in [0.1, 0.15) is 49.7 Å². The summed E-state index contributed by atoms with van der Waals surface area (Å²) >= 11 is 0. The molecule has 1 aliphatic heterocycles. The second-order valence-electron chi connectivity index (χ2n) is 9.57. The highest BCUT2D eigenvalue weighted by Gasteiger charge is 2.63. The number of nitrogens with two attached hydrogens (primary N) is 1. The van der Waals surface area contributed by atoms with Crippen LogP contribution in [0.2, 0.25) is 0 Å². The largest absolute Gasteiger partial charge is 0.496 e. The lowest BCUT2D eigenvalue weighted by molar-refractivity contribution is -0.0987. The maximum absolute atomic E-state index is 6.36. The van der Waals surface area contributed by atoms with Crippen molar-refractivity contribution in [2.45, 2.75) is 51.0 Å². The van der Waals surface area contributed by atoms with Gasteiger partial charge in [0.2, 0.25) is 0 Å². The minimum atomic E-state index is -0.196. The van der Waals surface area contributed by atoms with Gasteiger partial charge in [0.1, 0.15) is 11.3 Å². The number of ether oxygens (including phenoxy) is 1. The number of benzene rings is 1. The smallest absolute Gasteiger partial charge is 0.192 e. The number of rotatable bonds is 3. The van der Waals surface area contributed by atoms with E-state index >= 15 is 0 Å². The minimum Gasteiger partial charge on any atom is -0.496 e. The van der Waals surface area contributed by atoms with E-state index in [0.29, 0.717) is 5.96 Å². The Balaban J connectivity index is 1.66. The summed E-state index contributed by atoms with van der Waals surface area (Å²) in [4.78, 5) is 7.40. The first-order valence-electron chi connectivity index (χ1n) is 10.2. The Morgan fingerprint density at radius 3 is 2.19 bits per heavy atom. The molecule has 0 saturated heterocycles. The van der Waals surface area contributed by atoms with Crippen LogP contribution < -0.4 is 10.5 Å². The van der Waals surface area contributed by atoms with E-state index in [0.717, 1.165) is 30.0 Å². The lowest BCUT2D eigenvalue weighted by atomic mass is 9.44. The summed E-state index contributed by atoms with van der Waals surface area (Å²) in [5.74, 6) is 4.37. The van der Waals surface area contributed by atoms with Crippen LogP contribution in [0.4, 0.5) is 0 Å². The third-order valence-corrected chi connectivity index (χ3v) is 7.95. The van der Waals surface area contributed by atoms with Crippen LogP contribution >= 0.6 is 0 Å². The molecule has 2 N–H and O–H groups in total. The molecule has 4 saturated carbocycles. The fourth-order valence-electron chi connectivity index (χ4n) is 7.24. The zero-order valence-electron chi connectivity index (χ0n) is 16.3. The van der Waals surface area contributed by atoms with Gasteiger partial charge in [0.05, 0.1) is 13.7 Å². The molecule has 1 aromatic carbocycles. The fourth-order valence-corrected chi connectivity index (χ4v) is 7.24. The number of aryl methyl sites for hydroxylation is 1. The van der Waals surface area contributed by atoms with Crippen LogP contribution in [0.5, 0.6) is 5.75 Å². The first kappa shape index (κ1) is 16.5. The fraction of sp³-hybridized carbons (Fsp3) is 0.682. The number of methoxy groups -OCH3 is 1. The zero-order valence-corrected chi connectivity index (χ0v) is 16.3. The quantitative estimate of drug-likeness (QED) is 0.902. The van der Waals surface area contributed by atoms with Crippen molar-refractivity contribution in [3.8, 4) is 5.75 Å². The molecule has 0 spiro atoms. The van der Waals surface area contributed by atoms with Crippen molar-refractivity contribution < 1.29 is 4.74 Å². The maximum atomic E-state index is 6.36. The Hall–Kier alpha value is -1.71. The van der Waals surface area contributed by atoms with Crippen LogP contribution in [0, 0.1) is 30.1 Å². The lowest BCUT2D eigenvalue weighted by Crippen LogP contribution is -2.57. The summed E-state index contributed by atoms with van der Waals surface area (Å²) in [5.41, 5.74) is 8.97. The van der Waals surface area contributed by atoms with Crippen molar-refractivity contribution in [1.29, 1.82) is 0 Å². The SMILES string of the molecule is COc1ccc([C@]2(C34CC5CC(CC(C5)C3)C4)CN(C)C(N)=N2)cc1C. The molecule has 6 rings (SSSR count). The summed E-state index contributed by atoms with van der Waals surface area (Å²) in [6.07, 6.45) is 8.34. The summed E-state index contributed by atoms with van der Waals surface area (Å²) in [7, 11) is 3.84. The minimum absolute atomic E-state index is 0.196. The van der Waals surface area contributed by atoms with E-state index in [2.05, 4.69) is 37.1 Å². The summed E-state index contributed by atoms with van der Waals surface area (Å²) in [6.45, 7) is 3.05. The standard InChI is InChI=1S/C22H31N3O/c1-14-6-18(4-5-19(14)26-3)22(13-25(2)20(23)24-22)21-10-15-7-16(11-21)9-17(8-15)12-21/h4-6,15-17H,7-13H2,1-3H3,(H2,23,24)/t15?,16?,17?,21?,22-/m0/s1. The summed E-state index contributed by atoms with van der Waals surface area (Å²) in [6, 6.07) is 6.69. The third-order valence-electron chi connectivity index (χ3n) is 7.95. The Labute approximate surface area is 156 Å². The highest BCUT2D eigenvalue weighted by molar-refractivity contribution is 5.81. The second-order valence-corrected chi connectivity index (χ2v) is 9.57. The van der Waals surface area contributed by atoms with Crippen LogP contribution in [0.25, 0.3) is 0 Å². The van der Waals surface area contributed by atoms with Gasteiger partial charge in [0, 0.05) is 12.5 Å². The maximum Gasteiger partial charge on any atom is 0.192 e. The summed E-state index contributed by atoms with van der Waals surface area (Å²) < 4.78 is 5.52. The van der Waals surface area contributed by atoms with E-state index in [-0.39, 0.29) is 11.0 Å². The Bertz CT molecular complexity index is 735. The first-order chi connectivity index (χ1) is 12.4. The van der Waals surface area contributed by atoms with Gasteiger partial charge in [-0.25, -0.2) is 4.99 Å². The van der Waals surface area contributed by atoms with Gasteiger partial charge in [-0.1, -0.05) is 6.07 Å². The lowest BCUT2D eigenvalue weighted by Gasteiger charge is -2.62.